The number of amides is 2. The van der Waals surface area contributed by atoms with E-state index in [0.717, 1.165) is 11.3 Å². The number of thiophene rings is 1. The Hall–Kier alpha value is -1.53. The van der Waals surface area contributed by atoms with Gasteiger partial charge in [-0.15, -0.1) is 11.3 Å². The van der Waals surface area contributed by atoms with E-state index in [-0.39, 0.29) is 23.9 Å². The van der Waals surface area contributed by atoms with Crippen LogP contribution in [0.4, 0.5) is 0 Å². The monoisotopic (exact) mass is 391 g/mol. The van der Waals surface area contributed by atoms with Crippen molar-refractivity contribution in [3.63, 3.8) is 0 Å². The molecule has 1 atom stereocenters. The molecule has 2 heterocycles. The minimum atomic E-state index is -3.70. The molecule has 2 amide bonds. The molecule has 1 aromatic rings. The molecule has 0 aromatic carbocycles. The van der Waals surface area contributed by atoms with Gasteiger partial charge in [0.05, 0.1) is 19.8 Å². The van der Waals surface area contributed by atoms with E-state index < -0.39 is 28.1 Å². The molecule has 0 saturated carbocycles. The van der Waals surface area contributed by atoms with Crippen molar-refractivity contribution < 1.29 is 27.5 Å². The fraction of sp³-hybridized carbons (Fsp3) is 0.571. The van der Waals surface area contributed by atoms with Gasteiger partial charge in [-0.3, -0.25) is 9.59 Å². The van der Waals surface area contributed by atoms with Gasteiger partial charge in [0.25, 0.3) is 10.0 Å². The van der Waals surface area contributed by atoms with E-state index >= 15 is 0 Å². The smallest absolute Gasteiger partial charge is 0.309 e. The number of nitrogens with zero attached hydrogens (tertiary/aromatic N) is 1. The summed E-state index contributed by atoms with van der Waals surface area (Å²) in [6.07, 6.45) is -0.288. The Kier molecular flexibility index (Phi) is 7.32. The molecule has 1 aliphatic rings. The molecule has 1 fully saturated rings. The SMILES string of the molecule is COCCNC(=O)C(=O)NC[C@H]1OCCCN1S(=O)(=O)c1cccs1. The molecule has 0 radical (unpaired) electrons. The average molecular weight is 391 g/mol. The van der Waals surface area contributed by atoms with Crippen LogP contribution in [0.1, 0.15) is 6.42 Å². The van der Waals surface area contributed by atoms with Crippen LogP contribution in [0.25, 0.3) is 0 Å². The van der Waals surface area contributed by atoms with Gasteiger partial charge < -0.3 is 20.1 Å². The molecule has 0 unspecified atom stereocenters. The van der Waals surface area contributed by atoms with Crippen molar-refractivity contribution in [3.05, 3.63) is 17.5 Å². The normalized spacial score (nSPS) is 18.7. The number of ether oxygens (including phenoxy) is 2. The number of sulfonamides is 1. The van der Waals surface area contributed by atoms with E-state index in [4.69, 9.17) is 9.47 Å². The molecule has 0 spiro atoms. The highest BCUT2D eigenvalue weighted by molar-refractivity contribution is 7.91. The van der Waals surface area contributed by atoms with E-state index in [0.29, 0.717) is 19.6 Å². The van der Waals surface area contributed by atoms with Crippen LogP contribution in [-0.4, -0.2) is 70.7 Å². The highest BCUT2D eigenvalue weighted by atomic mass is 32.2. The number of hydrogen-bond donors (Lipinski definition) is 2. The first-order chi connectivity index (χ1) is 12.0. The number of nitrogens with one attached hydrogen (secondary N) is 2. The lowest BCUT2D eigenvalue weighted by Crippen LogP contribution is -2.53. The maximum absolute atomic E-state index is 12.7. The first kappa shape index (κ1) is 19.8. The zero-order valence-corrected chi connectivity index (χ0v) is 15.4. The second-order valence-electron chi connectivity index (χ2n) is 5.19. The highest BCUT2D eigenvalue weighted by Crippen LogP contribution is 2.25. The van der Waals surface area contributed by atoms with Crippen molar-refractivity contribution in [2.75, 3.05) is 40.0 Å². The summed E-state index contributed by atoms with van der Waals surface area (Å²) in [5.41, 5.74) is 0. The lowest BCUT2D eigenvalue weighted by molar-refractivity contribution is -0.140. The van der Waals surface area contributed by atoms with Crippen molar-refractivity contribution in [1.29, 1.82) is 0 Å². The molecule has 25 heavy (non-hydrogen) atoms. The van der Waals surface area contributed by atoms with Crippen LogP contribution in [0.3, 0.4) is 0 Å². The zero-order chi connectivity index (χ0) is 18.3. The Morgan fingerprint density at radius 3 is 2.84 bits per heavy atom. The van der Waals surface area contributed by atoms with Crippen LogP contribution >= 0.6 is 11.3 Å². The van der Waals surface area contributed by atoms with Crippen molar-refractivity contribution in [3.8, 4) is 0 Å². The zero-order valence-electron chi connectivity index (χ0n) is 13.8. The maximum atomic E-state index is 12.7. The van der Waals surface area contributed by atoms with E-state index in [1.807, 2.05) is 0 Å². The van der Waals surface area contributed by atoms with Gasteiger partial charge in [-0.2, -0.15) is 4.31 Å². The molecule has 2 N–H and O–H groups in total. The van der Waals surface area contributed by atoms with Crippen molar-refractivity contribution >= 4 is 33.2 Å². The standard InChI is InChI=1S/C14H21N3O6S2/c1-22-8-5-15-13(18)14(19)16-10-11-17(6-3-7-23-11)25(20,21)12-4-2-9-24-12/h2,4,9,11H,3,5-8,10H2,1H3,(H,15,18)(H,16,19)/t11-/m1/s1. The number of methoxy groups -OCH3 is 1. The summed E-state index contributed by atoms with van der Waals surface area (Å²) in [5, 5.41) is 6.47. The molecule has 0 bridgehead atoms. The maximum Gasteiger partial charge on any atom is 0.309 e. The van der Waals surface area contributed by atoms with Gasteiger partial charge in [-0.1, -0.05) is 6.07 Å². The third-order valence-electron chi connectivity index (χ3n) is 3.45. The van der Waals surface area contributed by atoms with Crippen molar-refractivity contribution in [1.82, 2.24) is 14.9 Å². The van der Waals surface area contributed by atoms with Gasteiger partial charge in [-0.05, 0) is 17.9 Å². The first-order valence-corrected chi connectivity index (χ1v) is 10.0. The lowest BCUT2D eigenvalue weighted by atomic mass is 10.3. The van der Waals surface area contributed by atoms with Crippen LogP contribution in [0.2, 0.25) is 0 Å². The molecule has 9 nitrogen and oxygen atoms in total. The number of carbonyl (C=O) groups is 2. The Bertz CT molecular complexity index is 677. The number of hydrogen-bond acceptors (Lipinski definition) is 7. The number of carbonyl (C=O) groups excluding carboxylic acids is 2. The number of rotatable bonds is 7. The third kappa shape index (κ3) is 5.22. The summed E-state index contributed by atoms with van der Waals surface area (Å²) in [6.45, 7) is 1.07. The van der Waals surface area contributed by atoms with E-state index in [9.17, 15) is 18.0 Å². The first-order valence-electron chi connectivity index (χ1n) is 7.68. The summed E-state index contributed by atoms with van der Waals surface area (Å²) >= 11 is 1.12. The van der Waals surface area contributed by atoms with Crippen LogP contribution in [0.5, 0.6) is 0 Å². The molecule has 0 aliphatic carbocycles. The fourth-order valence-electron chi connectivity index (χ4n) is 2.24. The van der Waals surface area contributed by atoms with Gasteiger partial charge in [0.15, 0.2) is 0 Å². The van der Waals surface area contributed by atoms with Crippen molar-refractivity contribution in [2.24, 2.45) is 0 Å². The summed E-state index contributed by atoms with van der Waals surface area (Å²) in [6, 6.07) is 3.18. The third-order valence-corrected chi connectivity index (χ3v) is 6.71. The molecule has 11 heteroatoms. The van der Waals surface area contributed by atoms with Gasteiger partial charge in [0, 0.05) is 20.2 Å². The quantitative estimate of drug-likeness (QED) is 0.472. The largest absolute Gasteiger partial charge is 0.383 e. The molecular formula is C14H21N3O6S2. The lowest BCUT2D eigenvalue weighted by Gasteiger charge is -2.34. The van der Waals surface area contributed by atoms with Crippen LogP contribution in [-0.2, 0) is 29.1 Å². The van der Waals surface area contributed by atoms with E-state index in [2.05, 4.69) is 10.6 Å². The second-order valence-corrected chi connectivity index (χ2v) is 8.25. The highest BCUT2D eigenvalue weighted by Gasteiger charge is 2.35. The predicted octanol–water partition coefficient (Wildman–Crippen LogP) is -0.636. The molecule has 140 valence electrons. The summed E-state index contributed by atoms with van der Waals surface area (Å²) in [5.74, 6) is -1.65. The Balaban J connectivity index is 1.95. The van der Waals surface area contributed by atoms with Gasteiger partial charge >= 0.3 is 11.8 Å². The van der Waals surface area contributed by atoms with Gasteiger partial charge in [0.2, 0.25) is 0 Å². The van der Waals surface area contributed by atoms with E-state index in [1.54, 1.807) is 11.4 Å². The molecule has 1 aromatic heterocycles. The molecular weight excluding hydrogens is 370 g/mol. The molecule has 1 aliphatic heterocycles. The molecule has 2 rings (SSSR count). The van der Waals surface area contributed by atoms with Crippen LogP contribution in [0, 0.1) is 0 Å². The topological polar surface area (TPSA) is 114 Å². The summed E-state index contributed by atoms with van der Waals surface area (Å²) < 4.78 is 37.0. The van der Waals surface area contributed by atoms with Crippen molar-refractivity contribution in [2.45, 2.75) is 16.9 Å². The second kappa shape index (κ2) is 9.25. The van der Waals surface area contributed by atoms with Crippen LogP contribution in [0.15, 0.2) is 21.7 Å². The minimum absolute atomic E-state index is 0.110. The van der Waals surface area contributed by atoms with Gasteiger partial charge in [-0.25, -0.2) is 8.42 Å². The van der Waals surface area contributed by atoms with E-state index in [1.165, 1.54) is 17.5 Å². The summed E-state index contributed by atoms with van der Waals surface area (Å²) in [7, 11) is -2.21. The fourth-order valence-corrected chi connectivity index (χ4v) is 4.92. The van der Waals surface area contributed by atoms with Gasteiger partial charge in [0.1, 0.15) is 10.4 Å². The Morgan fingerprint density at radius 1 is 1.40 bits per heavy atom. The summed E-state index contributed by atoms with van der Waals surface area (Å²) in [4.78, 5) is 23.4. The minimum Gasteiger partial charge on any atom is -0.383 e. The Labute approximate surface area is 150 Å². The predicted molar refractivity (Wildman–Crippen MR) is 90.5 cm³/mol. The van der Waals surface area contributed by atoms with Crippen LogP contribution < -0.4 is 10.6 Å². The Morgan fingerprint density at radius 2 is 2.16 bits per heavy atom. The molecule has 1 saturated heterocycles. The average Bonchev–Trinajstić information content (AvgIpc) is 3.15.